The van der Waals surface area contributed by atoms with E-state index >= 15 is 0 Å². The minimum atomic E-state index is 0.157. The van der Waals surface area contributed by atoms with Crippen molar-refractivity contribution >= 4 is 16.7 Å². The zero-order valence-corrected chi connectivity index (χ0v) is 21.0. The van der Waals surface area contributed by atoms with Crippen molar-refractivity contribution < 1.29 is 23.4 Å². The third-order valence-corrected chi connectivity index (χ3v) is 6.23. The Hall–Kier alpha value is -5.05. The number of aromatic nitrogens is 4. The SMILES string of the molecule is COc1ccc(-c2oc3ncn4nc(COc5ccccc5OC)nc4c3c2-c2ccc(OC)cc2)cc1. The fourth-order valence-electron chi connectivity index (χ4n) is 4.36. The van der Waals surface area contributed by atoms with Crippen LogP contribution >= 0.6 is 0 Å². The van der Waals surface area contributed by atoms with E-state index in [9.17, 15) is 0 Å². The van der Waals surface area contributed by atoms with Gasteiger partial charge in [0.25, 0.3) is 0 Å². The summed E-state index contributed by atoms with van der Waals surface area (Å²) in [5.74, 6) is 3.94. The topological polar surface area (TPSA) is 93.1 Å². The quantitative estimate of drug-likeness (QED) is 0.254. The summed E-state index contributed by atoms with van der Waals surface area (Å²) in [4.78, 5) is 9.36. The fourth-order valence-corrected chi connectivity index (χ4v) is 4.36. The second kappa shape index (κ2) is 9.78. The molecule has 3 heterocycles. The van der Waals surface area contributed by atoms with E-state index in [1.807, 2.05) is 72.8 Å². The normalized spacial score (nSPS) is 11.1. The smallest absolute Gasteiger partial charge is 0.232 e. The number of rotatable bonds is 8. The van der Waals surface area contributed by atoms with Crippen molar-refractivity contribution in [1.82, 2.24) is 19.6 Å². The third kappa shape index (κ3) is 4.13. The predicted octanol–water partition coefficient (Wildman–Crippen LogP) is 5.81. The van der Waals surface area contributed by atoms with Gasteiger partial charge < -0.3 is 23.4 Å². The lowest BCUT2D eigenvalue weighted by molar-refractivity contribution is 0.276. The van der Waals surface area contributed by atoms with E-state index in [0.29, 0.717) is 34.4 Å². The Bertz CT molecular complexity index is 1720. The van der Waals surface area contributed by atoms with Gasteiger partial charge in [-0.2, -0.15) is 0 Å². The van der Waals surface area contributed by atoms with Crippen molar-refractivity contribution in [2.24, 2.45) is 0 Å². The first-order valence-corrected chi connectivity index (χ1v) is 11.9. The first kappa shape index (κ1) is 23.4. The summed E-state index contributed by atoms with van der Waals surface area (Å²) in [6, 6.07) is 23.0. The molecule has 0 amide bonds. The number of ether oxygens (including phenoxy) is 4. The number of furan rings is 1. The lowest BCUT2D eigenvalue weighted by Crippen LogP contribution is -1.99. The first-order chi connectivity index (χ1) is 18.7. The van der Waals surface area contributed by atoms with Gasteiger partial charge >= 0.3 is 0 Å². The van der Waals surface area contributed by atoms with E-state index < -0.39 is 0 Å². The number of fused-ring (bicyclic) bond motifs is 3. The average molecular weight is 509 g/mol. The molecule has 0 saturated heterocycles. The average Bonchev–Trinajstić information content (AvgIpc) is 3.57. The Morgan fingerprint density at radius 1 is 0.763 bits per heavy atom. The van der Waals surface area contributed by atoms with E-state index in [4.69, 9.17) is 28.3 Å². The van der Waals surface area contributed by atoms with Gasteiger partial charge in [-0.3, -0.25) is 0 Å². The van der Waals surface area contributed by atoms with Gasteiger partial charge in [-0.25, -0.2) is 14.5 Å². The maximum atomic E-state index is 6.33. The summed E-state index contributed by atoms with van der Waals surface area (Å²) >= 11 is 0. The summed E-state index contributed by atoms with van der Waals surface area (Å²) in [5.41, 5.74) is 3.74. The molecule has 190 valence electrons. The van der Waals surface area contributed by atoms with Crippen LogP contribution in [0.4, 0.5) is 0 Å². The van der Waals surface area contributed by atoms with Crippen LogP contribution in [-0.2, 0) is 6.61 Å². The molecule has 0 aliphatic rings. The predicted molar refractivity (Wildman–Crippen MR) is 142 cm³/mol. The Morgan fingerprint density at radius 2 is 1.42 bits per heavy atom. The van der Waals surface area contributed by atoms with Crippen LogP contribution in [0, 0.1) is 0 Å². The van der Waals surface area contributed by atoms with Crippen molar-refractivity contribution in [3.8, 4) is 45.4 Å². The molecule has 0 fully saturated rings. The van der Waals surface area contributed by atoms with Gasteiger partial charge in [0.1, 0.15) is 30.2 Å². The van der Waals surface area contributed by atoms with Crippen LogP contribution in [0.5, 0.6) is 23.0 Å². The van der Waals surface area contributed by atoms with Crippen LogP contribution in [0.25, 0.3) is 39.2 Å². The van der Waals surface area contributed by atoms with Crippen molar-refractivity contribution in [2.75, 3.05) is 21.3 Å². The molecule has 0 saturated carbocycles. The lowest BCUT2D eigenvalue weighted by atomic mass is 9.99. The summed E-state index contributed by atoms with van der Waals surface area (Å²) < 4.78 is 30.0. The lowest BCUT2D eigenvalue weighted by Gasteiger charge is -2.08. The van der Waals surface area contributed by atoms with Crippen LogP contribution in [0.2, 0.25) is 0 Å². The highest BCUT2D eigenvalue weighted by Crippen LogP contribution is 2.42. The highest BCUT2D eigenvalue weighted by molar-refractivity contribution is 6.07. The van der Waals surface area contributed by atoms with Gasteiger partial charge in [-0.15, -0.1) is 5.10 Å². The van der Waals surface area contributed by atoms with Crippen molar-refractivity contribution in [2.45, 2.75) is 6.61 Å². The Kier molecular flexibility index (Phi) is 6.01. The minimum Gasteiger partial charge on any atom is -0.497 e. The number of nitrogens with zero attached hydrogens (tertiary/aromatic N) is 4. The largest absolute Gasteiger partial charge is 0.497 e. The molecule has 38 heavy (non-hydrogen) atoms. The van der Waals surface area contributed by atoms with Crippen molar-refractivity contribution in [3.05, 3.63) is 84.9 Å². The van der Waals surface area contributed by atoms with Gasteiger partial charge in [0.15, 0.2) is 23.0 Å². The molecular formula is C29H24N4O5. The van der Waals surface area contributed by atoms with Gasteiger partial charge in [0, 0.05) is 11.1 Å². The maximum Gasteiger partial charge on any atom is 0.232 e. The Balaban J connectivity index is 1.49. The zero-order valence-electron chi connectivity index (χ0n) is 21.0. The number of hydrogen-bond acceptors (Lipinski definition) is 8. The Morgan fingerprint density at radius 3 is 2.08 bits per heavy atom. The minimum absolute atomic E-state index is 0.157. The van der Waals surface area contributed by atoms with E-state index in [-0.39, 0.29) is 6.61 Å². The fraction of sp³-hybridized carbons (Fsp3) is 0.138. The van der Waals surface area contributed by atoms with E-state index in [0.717, 1.165) is 33.6 Å². The van der Waals surface area contributed by atoms with Gasteiger partial charge in [-0.1, -0.05) is 24.3 Å². The van der Waals surface area contributed by atoms with E-state index in [1.165, 1.54) is 0 Å². The summed E-state index contributed by atoms with van der Waals surface area (Å²) in [5, 5.41) is 5.35. The molecule has 0 N–H and O–H groups in total. The Labute approximate surface area is 218 Å². The third-order valence-electron chi connectivity index (χ3n) is 6.23. The van der Waals surface area contributed by atoms with Crippen LogP contribution in [0.3, 0.4) is 0 Å². The summed E-state index contributed by atoms with van der Waals surface area (Å²) in [7, 11) is 4.89. The van der Waals surface area contributed by atoms with Gasteiger partial charge in [0.2, 0.25) is 5.71 Å². The second-order valence-corrected chi connectivity index (χ2v) is 8.42. The standard InChI is InChI=1S/C29H24N4O5/c1-34-20-12-8-18(9-13-20)25-26-28-31-24(16-37-23-7-5-4-6-22(23)36-3)32-33(28)17-30-29(26)38-27(25)19-10-14-21(35-2)15-11-19/h4-15,17H,16H2,1-3H3. The molecule has 3 aromatic carbocycles. The molecule has 3 aromatic heterocycles. The molecule has 0 atom stereocenters. The van der Waals surface area contributed by atoms with Gasteiger partial charge in [0.05, 0.1) is 26.7 Å². The van der Waals surface area contributed by atoms with E-state index in [2.05, 4.69) is 10.1 Å². The van der Waals surface area contributed by atoms with Crippen LogP contribution in [0.1, 0.15) is 5.82 Å². The van der Waals surface area contributed by atoms with Crippen LogP contribution in [0.15, 0.2) is 83.5 Å². The molecule has 0 spiro atoms. The van der Waals surface area contributed by atoms with E-state index in [1.54, 1.807) is 32.2 Å². The number of hydrogen-bond donors (Lipinski definition) is 0. The molecule has 0 unspecified atom stereocenters. The molecule has 0 bridgehead atoms. The second-order valence-electron chi connectivity index (χ2n) is 8.42. The summed E-state index contributed by atoms with van der Waals surface area (Å²) in [6.45, 7) is 0.157. The maximum absolute atomic E-state index is 6.33. The number of para-hydroxylation sites is 2. The first-order valence-electron chi connectivity index (χ1n) is 11.9. The van der Waals surface area contributed by atoms with Crippen LogP contribution < -0.4 is 18.9 Å². The van der Waals surface area contributed by atoms with Gasteiger partial charge in [-0.05, 0) is 54.1 Å². The monoisotopic (exact) mass is 508 g/mol. The highest BCUT2D eigenvalue weighted by Gasteiger charge is 2.23. The molecule has 0 aliphatic heterocycles. The van der Waals surface area contributed by atoms with Crippen molar-refractivity contribution in [3.63, 3.8) is 0 Å². The van der Waals surface area contributed by atoms with Crippen LogP contribution in [-0.4, -0.2) is 40.9 Å². The summed E-state index contributed by atoms with van der Waals surface area (Å²) in [6.07, 6.45) is 1.59. The van der Waals surface area contributed by atoms with Crippen molar-refractivity contribution in [1.29, 1.82) is 0 Å². The molecular weight excluding hydrogens is 484 g/mol. The molecule has 6 rings (SSSR count). The number of benzene rings is 3. The molecule has 0 aliphatic carbocycles. The zero-order chi connectivity index (χ0) is 26.1. The number of methoxy groups -OCH3 is 3. The molecule has 6 aromatic rings. The molecule has 9 nitrogen and oxygen atoms in total. The molecule has 0 radical (unpaired) electrons. The molecule has 9 heteroatoms. The highest BCUT2D eigenvalue weighted by atomic mass is 16.5.